The Balaban J connectivity index is 1.24. The van der Waals surface area contributed by atoms with Gasteiger partial charge in [-0.05, 0) is 36.6 Å². The molecule has 0 saturated carbocycles. The summed E-state index contributed by atoms with van der Waals surface area (Å²) in [5.74, 6) is -2.70. The highest BCUT2D eigenvalue weighted by atomic mass is 16.2. The average Bonchev–Trinajstić information content (AvgIpc) is 3.65. The number of imide groups is 1. The quantitative estimate of drug-likeness (QED) is 0.535. The van der Waals surface area contributed by atoms with Gasteiger partial charge in [-0.3, -0.25) is 29.4 Å². The Hall–Kier alpha value is -4.30. The van der Waals surface area contributed by atoms with Gasteiger partial charge in [-0.1, -0.05) is 66.7 Å². The van der Waals surface area contributed by atoms with Crippen LogP contribution >= 0.6 is 0 Å². The van der Waals surface area contributed by atoms with Crippen LogP contribution in [0.5, 0.6) is 0 Å². The van der Waals surface area contributed by atoms with Crippen molar-refractivity contribution >= 4 is 35.0 Å². The molecule has 4 aliphatic rings. The predicted molar refractivity (Wildman–Crippen MR) is 145 cm³/mol. The molecule has 2 fully saturated rings. The van der Waals surface area contributed by atoms with E-state index in [1.54, 1.807) is 4.90 Å². The Kier molecular flexibility index (Phi) is 5.25. The third kappa shape index (κ3) is 3.27. The van der Waals surface area contributed by atoms with Crippen LogP contribution in [-0.4, -0.2) is 47.7 Å². The van der Waals surface area contributed by atoms with Gasteiger partial charge in [0.2, 0.25) is 17.7 Å². The number of para-hydroxylation sites is 2. The summed E-state index contributed by atoms with van der Waals surface area (Å²) in [6, 6.07) is 24.1. The largest absolute Gasteiger partial charge is 0.310 e. The molecule has 4 amide bonds. The summed E-state index contributed by atoms with van der Waals surface area (Å²) in [5.41, 5.74) is 2.68. The van der Waals surface area contributed by atoms with E-state index in [-0.39, 0.29) is 36.7 Å². The molecule has 1 spiro atoms. The molecule has 7 rings (SSSR count). The normalized spacial score (nSPS) is 26.9. The van der Waals surface area contributed by atoms with Gasteiger partial charge in [-0.2, -0.15) is 0 Å². The first-order valence-corrected chi connectivity index (χ1v) is 13.4. The zero-order valence-corrected chi connectivity index (χ0v) is 21.5. The highest BCUT2D eigenvalue weighted by Crippen LogP contribution is 2.54. The molecular formula is C31H28N4O4. The summed E-state index contributed by atoms with van der Waals surface area (Å²) >= 11 is 0. The van der Waals surface area contributed by atoms with E-state index in [1.165, 1.54) is 9.80 Å². The highest BCUT2D eigenvalue weighted by Gasteiger charge is 2.70. The van der Waals surface area contributed by atoms with Gasteiger partial charge in [0, 0.05) is 29.5 Å². The number of hydrogen-bond donors (Lipinski definition) is 1. The zero-order valence-electron chi connectivity index (χ0n) is 21.5. The summed E-state index contributed by atoms with van der Waals surface area (Å²) in [4.78, 5) is 60.1. The second-order valence-electron chi connectivity index (χ2n) is 10.8. The number of hydrogen-bond acceptors (Lipinski definition) is 5. The van der Waals surface area contributed by atoms with Gasteiger partial charge in [-0.25, -0.2) is 0 Å². The monoisotopic (exact) mass is 520 g/mol. The molecule has 39 heavy (non-hydrogen) atoms. The molecule has 0 aliphatic carbocycles. The van der Waals surface area contributed by atoms with Crippen molar-refractivity contribution in [2.24, 2.45) is 11.8 Å². The van der Waals surface area contributed by atoms with Crippen LogP contribution in [0.2, 0.25) is 0 Å². The molecule has 4 heterocycles. The van der Waals surface area contributed by atoms with E-state index in [0.717, 1.165) is 23.2 Å². The molecular weight excluding hydrogens is 492 g/mol. The number of fused-ring (bicyclic) bond motifs is 5. The van der Waals surface area contributed by atoms with Crippen LogP contribution < -0.4 is 15.1 Å². The third-order valence-electron chi connectivity index (χ3n) is 8.77. The lowest BCUT2D eigenvalue weighted by Gasteiger charge is -2.30. The lowest BCUT2D eigenvalue weighted by molar-refractivity contribution is -0.143. The van der Waals surface area contributed by atoms with Crippen LogP contribution in [0.25, 0.3) is 0 Å². The van der Waals surface area contributed by atoms with E-state index in [4.69, 9.17) is 0 Å². The highest BCUT2D eigenvalue weighted by molar-refractivity contribution is 6.17. The predicted octanol–water partition coefficient (Wildman–Crippen LogP) is 2.61. The molecule has 0 radical (unpaired) electrons. The Morgan fingerprint density at radius 1 is 0.872 bits per heavy atom. The number of carbonyl (C=O) groups excluding carboxylic acids is 4. The van der Waals surface area contributed by atoms with E-state index in [9.17, 15) is 19.2 Å². The van der Waals surface area contributed by atoms with E-state index < -0.39 is 23.4 Å². The van der Waals surface area contributed by atoms with E-state index >= 15 is 0 Å². The number of nitrogens with zero attached hydrogens (tertiary/aromatic N) is 3. The molecule has 0 unspecified atom stereocenters. The number of anilines is 2. The molecule has 2 saturated heterocycles. The van der Waals surface area contributed by atoms with Crippen molar-refractivity contribution in [3.63, 3.8) is 0 Å². The summed E-state index contributed by atoms with van der Waals surface area (Å²) in [6.45, 7) is 2.44. The van der Waals surface area contributed by atoms with Gasteiger partial charge in [0.05, 0.1) is 18.4 Å². The molecule has 8 heteroatoms. The average molecular weight is 521 g/mol. The fourth-order valence-electron chi connectivity index (χ4n) is 7.07. The fraction of sp³-hybridized carbons (Fsp3) is 0.290. The summed E-state index contributed by atoms with van der Waals surface area (Å²) in [7, 11) is 0. The van der Waals surface area contributed by atoms with Gasteiger partial charge in [0.25, 0.3) is 5.91 Å². The second kappa shape index (κ2) is 8.61. The molecule has 1 N–H and O–H groups in total. The molecule has 196 valence electrons. The Morgan fingerprint density at radius 3 is 2.36 bits per heavy atom. The van der Waals surface area contributed by atoms with Crippen molar-refractivity contribution in [2.45, 2.75) is 31.5 Å². The van der Waals surface area contributed by atoms with Crippen molar-refractivity contribution in [1.82, 2.24) is 10.2 Å². The SMILES string of the molecule is C[C@H]1N[C@]2(C(=O)N(CC(=O)N3CCc4ccccc43)c3ccccc32)[C@@H]2C(=O)N(Cc3ccccc3)C(=O)[C@H]21. The number of rotatable bonds is 4. The fourth-order valence-corrected chi connectivity index (χ4v) is 7.07. The number of carbonyl (C=O) groups is 4. The molecule has 4 aliphatic heterocycles. The Labute approximate surface area is 226 Å². The van der Waals surface area contributed by atoms with Crippen LogP contribution in [0.1, 0.15) is 23.6 Å². The maximum atomic E-state index is 14.4. The molecule has 8 nitrogen and oxygen atoms in total. The van der Waals surface area contributed by atoms with E-state index in [2.05, 4.69) is 5.32 Å². The van der Waals surface area contributed by atoms with Crippen LogP contribution in [0.4, 0.5) is 11.4 Å². The summed E-state index contributed by atoms with van der Waals surface area (Å²) in [6.07, 6.45) is 0.771. The van der Waals surface area contributed by atoms with Crippen molar-refractivity contribution in [1.29, 1.82) is 0 Å². The van der Waals surface area contributed by atoms with Crippen molar-refractivity contribution in [3.05, 3.63) is 95.6 Å². The summed E-state index contributed by atoms with van der Waals surface area (Å²) < 4.78 is 0. The summed E-state index contributed by atoms with van der Waals surface area (Å²) in [5, 5.41) is 3.39. The number of nitrogens with one attached hydrogen (secondary N) is 1. The molecule has 0 bridgehead atoms. The first-order chi connectivity index (χ1) is 18.9. The van der Waals surface area contributed by atoms with Crippen molar-refractivity contribution < 1.29 is 19.2 Å². The lowest BCUT2D eigenvalue weighted by atomic mass is 9.76. The van der Waals surface area contributed by atoms with Crippen LogP contribution in [0.15, 0.2) is 78.9 Å². The van der Waals surface area contributed by atoms with Crippen molar-refractivity contribution in [2.75, 3.05) is 22.9 Å². The minimum absolute atomic E-state index is 0.144. The minimum Gasteiger partial charge on any atom is -0.310 e. The maximum absolute atomic E-state index is 14.4. The van der Waals surface area contributed by atoms with Crippen LogP contribution in [0, 0.1) is 11.8 Å². The van der Waals surface area contributed by atoms with Gasteiger partial charge in [0.15, 0.2) is 0 Å². The van der Waals surface area contributed by atoms with Gasteiger partial charge in [0.1, 0.15) is 12.1 Å². The molecule has 0 aromatic heterocycles. The first kappa shape index (κ1) is 23.8. The maximum Gasteiger partial charge on any atom is 0.253 e. The Morgan fingerprint density at radius 2 is 1.56 bits per heavy atom. The molecule has 4 atom stereocenters. The van der Waals surface area contributed by atoms with Gasteiger partial charge < -0.3 is 9.80 Å². The topological polar surface area (TPSA) is 90.0 Å². The Bertz CT molecular complexity index is 1540. The second-order valence-corrected chi connectivity index (χ2v) is 10.8. The van der Waals surface area contributed by atoms with Gasteiger partial charge >= 0.3 is 0 Å². The number of benzene rings is 3. The lowest BCUT2D eigenvalue weighted by Crippen LogP contribution is -2.55. The van der Waals surface area contributed by atoms with E-state index in [0.29, 0.717) is 17.8 Å². The smallest absolute Gasteiger partial charge is 0.253 e. The van der Waals surface area contributed by atoms with Crippen molar-refractivity contribution in [3.8, 4) is 0 Å². The minimum atomic E-state index is -1.40. The zero-order chi connectivity index (χ0) is 26.9. The number of amides is 4. The number of likely N-dealkylation sites (tertiary alicyclic amines) is 1. The molecule has 3 aromatic rings. The standard InChI is InChI=1S/C31H28N4O4/c1-19-26-27(29(38)35(28(26)37)17-20-9-3-2-4-10-20)31(32-19)22-12-6-8-14-24(22)34(30(31)39)18-25(36)33-16-15-21-11-5-7-13-23(21)33/h2-14,19,26-27,32H,15-18H2,1H3/t19-,26+,27+,31+/m1/s1. The van der Waals surface area contributed by atoms with Gasteiger partial charge in [-0.15, -0.1) is 0 Å². The van der Waals surface area contributed by atoms with Crippen LogP contribution in [-0.2, 0) is 37.7 Å². The third-order valence-corrected chi connectivity index (χ3v) is 8.77. The molecule has 3 aromatic carbocycles. The first-order valence-electron chi connectivity index (χ1n) is 13.4. The van der Waals surface area contributed by atoms with E-state index in [1.807, 2.05) is 85.8 Å². The van der Waals surface area contributed by atoms with Crippen LogP contribution in [0.3, 0.4) is 0 Å².